The van der Waals surface area contributed by atoms with Crippen molar-refractivity contribution in [2.24, 2.45) is 0 Å². The highest BCUT2D eigenvalue weighted by Crippen LogP contribution is 2.27. The number of nitrogens with one attached hydrogen (secondary N) is 1. The molecule has 4 rings (SSSR count). The summed E-state index contributed by atoms with van der Waals surface area (Å²) in [4.78, 5) is 17.0. The SMILES string of the molecule is CC(C)c1ccc(/C=C/C(=O)Nc2ccc3oc(-c4ccc(C(C)C)cc4)nc3c2)cc1. The van der Waals surface area contributed by atoms with Gasteiger partial charge < -0.3 is 9.73 Å². The number of anilines is 1. The van der Waals surface area contributed by atoms with Gasteiger partial charge in [0.1, 0.15) is 5.52 Å². The first-order chi connectivity index (χ1) is 15.4. The zero-order valence-electron chi connectivity index (χ0n) is 18.9. The number of benzene rings is 3. The molecule has 162 valence electrons. The predicted octanol–water partition coefficient (Wildman–Crippen LogP) is 7.39. The minimum atomic E-state index is -0.190. The molecule has 0 fully saturated rings. The summed E-state index contributed by atoms with van der Waals surface area (Å²) in [7, 11) is 0. The Kier molecular flexibility index (Phi) is 6.22. The Morgan fingerprint density at radius 2 is 1.50 bits per heavy atom. The van der Waals surface area contributed by atoms with Crippen LogP contribution < -0.4 is 5.32 Å². The lowest BCUT2D eigenvalue weighted by molar-refractivity contribution is -0.111. The van der Waals surface area contributed by atoms with E-state index in [2.05, 4.69) is 62.3 Å². The Labute approximate surface area is 189 Å². The first-order valence-electron chi connectivity index (χ1n) is 11.0. The van der Waals surface area contributed by atoms with Gasteiger partial charge in [-0.3, -0.25) is 4.79 Å². The third-order valence-corrected chi connectivity index (χ3v) is 5.51. The molecular weight excluding hydrogens is 396 g/mol. The number of oxazole rings is 1. The Balaban J connectivity index is 1.46. The van der Waals surface area contributed by atoms with Gasteiger partial charge in [-0.1, -0.05) is 64.1 Å². The zero-order valence-corrected chi connectivity index (χ0v) is 18.9. The minimum absolute atomic E-state index is 0.190. The summed E-state index contributed by atoms with van der Waals surface area (Å²) in [6, 6.07) is 22.0. The van der Waals surface area contributed by atoms with E-state index in [4.69, 9.17) is 4.42 Å². The number of hydrogen-bond donors (Lipinski definition) is 1. The number of hydrogen-bond acceptors (Lipinski definition) is 3. The number of fused-ring (bicyclic) bond motifs is 1. The van der Waals surface area contributed by atoms with E-state index in [1.807, 2.05) is 48.5 Å². The molecule has 32 heavy (non-hydrogen) atoms. The van der Waals surface area contributed by atoms with Gasteiger partial charge >= 0.3 is 0 Å². The van der Waals surface area contributed by atoms with Crippen LogP contribution in [0.5, 0.6) is 0 Å². The lowest BCUT2D eigenvalue weighted by Gasteiger charge is -2.04. The van der Waals surface area contributed by atoms with E-state index in [0.717, 1.165) is 11.1 Å². The first-order valence-corrected chi connectivity index (χ1v) is 11.0. The van der Waals surface area contributed by atoms with Gasteiger partial charge in [-0.2, -0.15) is 0 Å². The van der Waals surface area contributed by atoms with Crippen LogP contribution in [-0.2, 0) is 4.79 Å². The summed E-state index contributed by atoms with van der Waals surface area (Å²) >= 11 is 0. The Morgan fingerprint density at radius 3 is 2.12 bits per heavy atom. The second-order valence-corrected chi connectivity index (χ2v) is 8.62. The van der Waals surface area contributed by atoms with Crippen molar-refractivity contribution < 1.29 is 9.21 Å². The van der Waals surface area contributed by atoms with Crippen LogP contribution in [0.2, 0.25) is 0 Å². The van der Waals surface area contributed by atoms with E-state index >= 15 is 0 Å². The molecule has 0 unspecified atom stereocenters. The average Bonchev–Trinajstić information content (AvgIpc) is 3.21. The largest absolute Gasteiger partial charge is 0.436 e. The van der Waals surface area contributed by atoms with Crippen LogP contribution in [0, 0.1) is 0 Å². The Hall–Kier alpha value is -3.66. The van der Waals surface area contributed by atoms with Gasteiger partial charge in [-0.15, -0.1) is 0 Å². The van der Waals surface area contributed by atoms with Crippen LogP contribution in [0.15, 0.2) is 77.2 Å². The molecule has 0 saturated carbocycles. The molecule has 0 aliphatic carbocycles. The molecule has 1 aromatic heterocycles. The fourth-order valence-electron chi connectivity index (χ4n) is 3.49. The molecule has 1 N–H and O–H groups in total. The molecule has 0 bridgehead atoms. The smallest absolute Gasteiger partial charge is 0.248 e. The van der Waals surface area contributed by atoms with Crippen molar-refractivity contribution in [3.05, 3.63) is 89.5 Å². The maximum absolute atomic E-state index is 12.4. The monoisotopic (exact) mass is 424 g/mol. The van der Waals surface area contributed by atoms with Crippen LogP contribution in [0.4, 0.5) is 5.69 Å². The second-order valence-electron chi connectivity index (χ2n) is 8.62. The predicted molar refractivity (Wildman–Crippen MR) is 132 cm³/mol. The van der Waals surface area contributed by atoms with Crippen LogP contribution in [0.25, 0.3) is 28.6 Å². The normalized spacial score (nSPS) is 11.7. The molecule has 0 spiro atoms. The Bertz CT molecular complexity index is 1250. The van der Waals surface area contributed by atoms with Gasteiger partial charge in [0, 0.05) is 17.3 Å². The number of amides is 1. The molecule has 4 heteroatoms. The second kappa shape index (κ2) is 9.23. The zero-order chi connectivity index (χ0) is 22.7. The van der Waals surface area contributed by atoms with Crippen molar-refractivity contribution in [3.63, 3.8) is 0 Å². The number of carbonyl (C=O) groups excluding carboxylic acids is 1. The minimum Gasteiger partial charge on any atom is -0.436 e. The van der Waals surface area contributed by atoms with E-state index in [0.29, 0.717) is 34.5 Å². The van der Waals surface area contributed by atoms with Crippen LogP contribution >= 0.6 is 0 Å². The van der Waals surface area contributed by atoms with E-state index in [1.54, 1.807) is 6.08 Å². The van der Waals surface area contributed by atoms with E-state index in [1.165, 1.54) is 11.1 Å². The summed E-state index contributed by atoms with van der Waals surface area (Å²) in [6.45, 7) is 8.66. The number of carbonyl (C=O) groups is 1. The standard InChI is InChI=1S/C28H28N2O2/c1-18(2)21-8-5-20(6-9-21)7-16-27(31)29-24-14-15-26-25(17-24)30-28(32-26)23-12-10-22(11-13-23)19(3)4/h5-19H,1-4H3,(H,29,31)/b16-7+. The topological polar surface area (TPSA) is 55.1 Å². The van der Waals surface area contributed by atoms with Gasteiger partial charge in [0.15, 0.2) is 5.58 Å². The van der Waals surface area contributed by atoms with Crippen molar-refractivity contribution >= 4 is 28.8 Å². The molecule has 0 saturated heterocycles. The maximum Gasteiger partial charge on any atom is 0.248 e. The number of rotatable bonds is 6. The highest BCUT2D eigenvalue weighted by atomic mass is 16.3. The third-order valence-electron chi connectivity index (χ3n) is 5.51. The summed E-state index contributed by atoms with van der Waals surface area (Å²) in [5.41, 5.74) is 6.55. The highest BCUT2D eigenvalue weighted by Gasteiger charge is 2.10. The summed E-state index contributed by atoms with van der Waals surface area (Å²) in [6.07, 6.45) is 3.35. The Morgan fingerprint density at radius 1 is 0.875 bits per heavy atom. The van der Waals surface area contributed by atoms with Crippen molar-refractivity contribution in [1.82, 2.24) is 4.98 Å². The summed E-state index contributed by atoms with van der Waals surface area (Å²) in [5.74, 6) is 1.35. The molecule has 3 aromatic carbocycles. The van der Waals surface area contributed by atoms with Gasteiger partial charge in [0.2, 0.25) is 11.8 Å². The first kappa shape index (κ1) is 21.6. The van der Waals surface area contributed by atoms with Crippen LogP contribution in [0.3, 0.4) is 0 Å². The van der Waals surface area contributed by atoms with E-state index < -0.39 is 0 Å². The molecule has 1 amide bonds. The number of aromatic nitrogens is 1. The van der Waals surface area contributed by atoms with Crippen LogP contribution in [-0.4, -0.2) is 10.9 Å². The lowest BCUT2D eigenvalue weighted by atomic mass is 10.0. The van der Waals surface area contributed by atoms with Crippen molar-refractivity contribution in [2.45, 2.75) is 39.5 Å². The number of nitrogens with zero attached hydrogens (tertiary/aromatic N) is 1. The third kappa shape index (κ3) is 4.97. The maximum atomic E-state index is 12.4. The van der Waals surface area contributed by atoms with Gasteiger partial charge in [0.25, 0.3) is 0 Å². The molecule has 0 radical (unpaired) electrons. The quantitative estimate of drug-likeness (QED) is 0.328. The molecule has 4 aromatic rings. The van der Waals surface area contributed by atoms with Gasteiger partial charge in [-0.25, -0.2) is 4.98 Å². The summed E-state index contributed by atoms with van der Waals surface area (Å²) < 4.78 is 5.91. The lowest BCUT2D eigenvalue weighted by Crippen LogP contribution is -2.07. The summed E-state index contributed by atoms with van der Waals surface area (Å²) in [5, 5.41) is 2.90. The van der Waals surface area contributed by atoms with Crippen molar-refractivity contribution in [3.8, 4) is 11.5 Å². The van der Waals surface area contributed by atoms with E-state index in [-0.39, 0.29) is 5.91 Å². The fourth-order valence-corrected chi connectivity index (χ4v) is 3.49. The molecule has 0 aliphatic heterocycles. The molecule has 0 aliphatic rings. The molecular formula is C28H28N2O2. The van der Waals surface area contributed by atoms with Gasteiger partial charge in [-0.05, 0) is 64.9 Å². The fraction of sp³-hybridized carbons (Fsp3) is 0.214. The van der Waals surface area contributed by atoms with Gasteiger partial charge in [0.05, 0.1) is 0 Å². The highest BCUT2D eigenvalue weighted by molar-refractivity contribution is 6.02. The molecule has 1 heterocycles. The molecule has 4 nitrogen and oxygen atoms in total. The molecule has 0 atom stereocenters. The van der Waals surface area contributed by atoms with E-state index in [9.17, 15) is 4.79 Å². The van der Waals surface area contributed by atoms with Crippen LogP contribution in [0.1, 0.15) is 56.2 Å². The average molecular weight is 425 g/mol. The van der Waals surface area contributed by atoms with Crippen molar-refractivity contribution in [1.29, 1.82) is 0 Å². The van der Waals surface area contributed by atoms with Crippen molar-refractivity contribution in [2.75, 3.05) is 5.32 Å².